The number of carbonyl (C=O) groups is 2. The van der Waals surface area contributed by atoms with Crippen LogP contribution in [-0.2, 0) is 16.0 Å². The summed E-state index contributed by atoms with van der Waals surface area (Å²) in [6, 6.07) is 2.76. The first kappa shape index (κ1) is 12.3. The van der Waals surface area contributed by atoms with Gasteiger partial charge in [0, 0.05) is 0 Å². The molecule has 1 rings (SSSR count). The van der Waals surface area contributed by atoms with E-state index >= 15 is 0 Å². The summed E-state index contributed by atoms with van der Waals surface area (Å²) in [5.41, 5.74) is -0.556. The van der Waals surface area contributed by atoms with E-state index in [9.17, 15) is 9.59 Å². The second kappa shape index (κ2) is 4.38. The predicted molar refractivity (Wildman–Crippen MR) is 55.2 cm³/mol. The van der Waals surface area contributed by atoms with E-state index in [-0.39, 0.29) is 17.9 Å². The van der Waals surface area contributed by atoms with Gasteiger partial charge in [0.2, 0.25) is 5.76 Å². The molecule has 0 aliphatic carbocycles. The van der Waals surface area contributed by atoms with E-state index in [1.807, 2.05) is 0 Å². The normalized spacial score (nSPS) is 11.2. The monoisotopic (exact) mass is 226 g/mol. The molecule has 0 spiro atoms. The van der Waals surface area contributed by atoms with Gasteiger partial charge in [0.25, 0.3) is 0 Å². The average Bonchev–Trinajstić information content (AvgIpc) is 2.48. The van der Waals surface area contributed by atoms with E-state index in [0.717, 1.165) is 0 Å². The maximum Gasteiger partial charge on any atom is 0.371 e. The van der Waals surface area contributed by atoms with E-state index < -0.39 is 17.5 Å². The Kier molecular flexibility index (Phi) is 3.37. The van der Waals surface area contributed by atoms with Crippen LogP contribution in [0.4, 0.5) is 0 Å². The summed E-state index contributed by atoms with van der Waals surface area (Å²) in [5, 5.41) is 8.61. The van der Waals surface area contributed by atoms with Crippen LogP contribution in [-0.4, -0.2) is 22.6 Å². The molecule has 0 saturated carbocycles. The number of hydrogen-bond donors (Lipinski definition) is 1. The van der Waals surface area contributed by atoms with Gasteiger partial charge in [-0.05, 0) is 32.9 Å². The van der Waals surface area contributed by atoms with Crippen LogP contribution in [0.15, 0.2) is 16.5 Å². The van der Waals surface area contributed by atoms with Gasteiger partial charge in [0.05, 0.1) is 0 Å². The summed E-state index contributed by atoms with van der Waals surface area (Å²) in [5.74, 6) is -1.50. The highest BCUT2D eigenvalue weighted by Crippen LogP contribution is 2.12. The first-order valence-corrected chi connectivity index (χ1v) is 4.82. The lowest BCUT2D eigenvalue weighted by Gasteiger charge is -2.18. The molecule has 1 heterocycles. The van der Waals surface area contributed by atoms with E-state index in [2.05, 4.69) is 0 Å². The Hall–Kier alpha value is -1.78. The lowest BCUT2D eigenvalue weighted by Crippen LogP contribution is -2.24. The zero-order chi connectivity index (χ0) is 12.3. The molecule has 0 unspecified atom stereocenters. The minimum Gasteiger partial charge on any atom is -0.475 e. The third-order valence-corrected chi connectivity index (χ3v) is 1.61. The number of hydrogen-bond acceptors (Lipinski definition) is 4. The van der Waals surface area contributed by atoms with Gasteiger partial charge in [-0.3, -0.25) is 4.79 Å². The van der Waals surface area contributed by atoms with Gasteiger partial charge >= 0.3 is 11.9 Å². The second-order valence-electron chi connectivity index (χ2n) is 4.33. The maximum atomic E-state index is 11.4. The van der Waals surface area contributed by atoms with Crippen molar-refractivity contribution in [2.24, 2.45) is 0 Å². The number of rotatable bonds is 3. The van der Waals surface area contributed by atoms with E-state index in [1.54, 1.807) is 20.8 Å². The fraction of sp³-hybridized carbons (Fsp3) is 0.455. The van der Waals surface area contributed by atoms with Crippen molar-refractivity contribution in [3.63, 3.8) is 0 Å². The summed E-state index contributed by atoms with van der Waals surface area (Å²) in [6.45, 7) is 5.28. The Morgan fingerprint density at radius 1 is 1.38 bits per heavy atom. The fourth-order valence-electron chi connectivity index (χ4n) is 1.11. The van der Waals surface area contributed by atoms with Gasteiger partial charge < -0.3 is 14.3 Å². The lowest BCUT2D eigenvalue weighted by atomic mass is 10.2. The molecule has 5 nitrogen and oxygen atoms in total. The highest BCUT2D eigenvalue weighted by Gasteiger charge is 2.18. The summed E-state index contributed by atoms with van der Waals surface area (Å²) in [7, 11) is 0. The standard InChI is InChI=1S/C11H14O5/c1-11(2,3)16-9(12)6-7-4-5-8(15-7)10(13)14/h4-5H,6H2,1-3H3,(H,13,14). The zero-order valence-corrected chi connectivity index (χ0v) is 9.44. The van der Waals surface area contributed by atoms with Gasteiger partial charge in [0.1, 0.15) is 17.8 Å². The molecule has 0 aliphatic rings. The Morgan fingerprint density at radius 2 is 2.00 bits per heavy atom. The van der Waals surface area contributed by atoms with Crippen LogP contribution >= 0.6 is 0 Å². The van der Waals surface area contributed by atoms with Crippen LogP contribution in [0.5, 0.6) is 0 Å². The Bertz CT molecular complexity index is 397. The molecule has 5 heteroatoms. The molecule has 1 aromatic rings. The number of esters is 1. The molecule has 88 valence electrons. The van der Waals surface area contributed by atoms with Crippen molar-refractivity contribution in [1.29, 1.82) is 0 Å². The predicted octanol–water partition coefficient (Wildman–Crippen LogP) is 1.86. The number of ether oxygens (including phenoxy) is 1. The zero-order valence-electron chi connectivity index (χ0n) is 9.44. The molecule has 0 atom stereocenters. The fourth-order valence-corrected chi connectivity index (χ4v) is 1.11. The van der Waals surface area contributed by atoms with Gasteiger partial charge in [-0.15, -0.1) is 0 Å². The molecule has 0 aromatic carbocycles. The van der Waals surface area contributed by atoms with Gasteiger partial charge in [-0.2, -0.15) is 0 Å². The maximum absolute atomic E-state index is 11.4. The Balaban J connectivity index is 2.60. The smallest absolute Gasteiger partial charge is 0.371 e. The summed E-state index contributed by atoms with van der Waals surface area (Å²) in [6.07, 6.45) is -0.0649. The summed E-state index contributed by atoms with van der Waals surface area (Å²) >= 11 is 0. The van der Waals surface area contributed by atoms with Crippen molar-refractivity contribution in [3.05, 3.63) is 23.7 Å². The van der Waals surface area contributed by atoms with Crippen LogP contribution in [0.1, 0.15) is 37.1 Å². The minimum absolute atomic E-state index is 0.0649. The third kappa shape index (κ3) is 3.76. The molecular weight excluding hydrogens is 212 g/mol. The third-order valence-electron chi connectivity index (χ3n) is 1.61. The van der Waals surface area contributed by atoms with Gasteiger partial charge in [-0.25, -0.2) is 4.79 Å². The molecular formula is C11H14O5. The number of carboxylic acid groups (broad SMARTS) is 1. The Labute approximate surface area is 93.0 Å². The van der Waals surface area contributed by atoms with Gasteiger partial charge in [0.15, 0.2) is 0 Å². The van der Waals surface area contributed by atoms with Crippen molar-refractivity contribution in [2.45, 2.75) is 32.8 Å². The molecule has 0 saturated heterocycles. The largest absolute Gasteiger partial charge is 0.475 e. The van der Waals surface area contributed by atoms with Crippen molar-refractivity contribution >= 4 is 11.9 Å². The topological polar surface area (TPSA) is 76.7 Å². The van der Waals surface area contributed by atoms with Crippen molar-refractivity contribution in [3.8, 4) is 0 Å². The molecule has 0 amide bonds. The minimum atomic E-state index is -1.16. The van der Waals surface area contributed by atoms with Crippen LogP contribution in [0, 0.1) is 0 Å². The molecule has 16 heavy (non-hydrogen) atoms. The lowest BCUT2D eigenvalue weighted by molar-refractivity contribution is -0.154. The number of carbonyl (C=O) groups excluding carboxylic acids is 1. The first-order valence-electron chi connectivity index (χ1n) is 4.82. The van der Waals surface area contributed by atoms with Gasteiger partial charge in [-0.1, -0.05) is 0 Å². The van der Waals surface area contributed by atoms with Crippen LogP contribution in [0.2, 0.25) is 0 Å². The molecule has 0 aliphatic heterocycles. The number of aromatic carboxylic acids is 1. The molecule has 0 radical (unpaired) electrons. The molecule has 0 fully saturated rings. The van der Waals surface area contributed by atoms with Crippen LogP contribution in [0.3, 0.4) is 0 Å². The van der Waals surface area contributed by atoms with Crippen molar-refractivity contribution < 1.29 is 23.8 Å². The quantitative estimate of drug-likeness (QED) is 0.796. The average molecular weight is 226 g/mol. The van der Waals surface area contributed by atoms with Crippen LogP contribution < -0.4 is 0 Å². The van der Waals surface area contributed by atoms with Crippen molar-refractivity contribution in [1.82, 2.24) is 0 Å². The highest BCUT2D eigenvalue weighted by atomic mass is 16.6. The number of carboxylic acids is 1. The van der Waals surface area contributed by atoms with E-state index in [4.69, 9.17) is 14.3 Å². The van der Waals surface area contributed by atoms with Crippen molar-refractivity contribution in [2.75, 3.05) is 0 Å². The Morgan fingerprint density at radius 3 is 2.44 bits per heavy atom. The summed E-state index contributed by atoms with van der Waals surface area (Å²) < 4.78 is 9.99. The molecule has 0 bridgehead atoms. The number of furan rings is 1. The SMILES string of the molecule is CC(C)(C)OC(=O)Cc1ccc(C(=O)O)o1. The second-order valence-corrected chi connectivity index (χ2v) is 4.33. The van der Waals surface area contributed by atoms with E-state index in [1.165, 1.54) is 12.1 Å². The summed E-state index contributed by atoms with van der Waals surface area (Å²) in [4.78, 5) is 21.9. The molecule has 1 aromatic heterocycles. The first-order chi connectivity index (χ1) is 7.28. The van der Waals surface area contributed by atoms with E-state index in [0.29, 0.717) is 0 Å². The van der Waals surface area contributed by atoms with Crippen LogP contribution in [0.25, 0.3) is 0 Å². The molecule has 1 N–H and O–H groups in total. The highest BCUT2D eigenvalue weighted by molar-refractivity contribution is 5.84.